The minimum absolute atomic E-state index is 0.00938. The van der Waals surface area contributed by atoms with Crippen molar-refractivity contribution in [3.05, 3.63) is 0 Å². The maximum Gasteiger partial charge on any atom is 0.323 e. The Kier molecular flexibility index (Phi) is 4.87. The largest absolute Gasteiger partial charge is 0.461 e. The van der Waals surface area contributed by atoms with Crippen molar-refractivity contribution in [2.24, 2.45) is 0 Å². The molecule has 1 aromatic heterocycles. The molecule has 2 N–H and O–H groups in total. The maximum atomic E-state index is 11.1. The van der Waals surface area contributed by atoms with Gasteiger partial charge in [-0.2, -0.15) is 15.0 Å². The smallest absolute Gasteiger partial charge is 0.323 e. The molecule has 0 spiro atoms. The van der Waals surface area contributed by atoms with Crippen molar-refractivity contribution >= 4 is 21.7 Å². The highest BCUT2D eigenvalue weighted by atomic mass is 32.2. The molecule has 0 fully saturated rings. The molecule has 19 heavy (non-hydrogen) atoms. The number of hydrogen-bond donors (Lipinski definition) is 1. The Balaban J connectivity index is 2.84. The first-order chi connectivity index (χ1) is 8.67. The van der Waals surface area contributed by atoms with E-state index in [1.165, 1.54) is 6.26 Å². The van der Waals surface area contributed by atoms with Crippen molar-refractivity contribution in [3.63, 3.8) is 0 Å². The number of nitrogens with two attached hydrogens (primary N) is 1. The molecule has 0 bridgehead atoms. The van der Waals surface area contributed by atoms with E-state index in [1.54, 1.807) is 11.9 Å². The molecule has 108 valence electrons. The van der Waals surface area contributed by atoms with Gasteiger partial charge in [0.25, 0.3) is 0 Å². The molecule has 0 radical (unpaired) electrons. The minimum atomic E-state index is -3.04. The van der Waals surface area contributed by atoms with E-state index in [0.29, 0.717) is 0 Å². The number of hydrogen-bond acceptors (Lipinski definition) is 8. The minimum Gasteiger partial charge on any atom is -0.461 e. The molecule has 0 unspecified atom stereocenters. The Morgan fingerprint density at radius 1 is 1.32 bits per heavy atom. The lowest BCUT2D eigenvalue weighted by atomic mass is 10.5. The zero-order chi connectivity index (χ0) is 14.6. The molecule has 0 aromatic carbocycles. The van der Waals surface area contributed by atoms with Crippen LogP contribution in [0.2, 0.25) is 0 Å². The summed E-state index contributed by atoms with van der Waals surface area (Å²) in [6.45, 7) is 3.95. The van der Waals surface area contributed by atoms with Crippen LogP contribution in [0.4, 0.5) is 11.9 Å². The van der Waals surface area contributed by atoms with Gasteiger partial charge in [0.1, 0.15) is 9.84 Å². The predicted molar refractivity (Wildman–Crippen MR) is 73.0 cm³/mol. The van der Waals surface area contributed by atoms with Crippen molar-refractivity contribution in [1.82, 2.24) is 15.0 Å². The van der Waals surface area contributed by atoms with E-state index >= 15 is 0 Å². The van der Waals surface area contributed by atoms with E-state index < -0.39 is 9.84 Å². The Morgan fingerprint density at radius 3 is 2.47 bits per heavy atom. The molecule has 1 heterocycles. The number of anilines is 2. The van der Waals surface area contributed by atoms with E-state index in [2.05, 4.69) is 15.0 Å². The molecule has 0 amide bonds. The third-order valence-electron chi connectivity index (χ3n) is 2.10. The van der Waals surface area contributed by atoms with Gasteiger partial charge in [-0.3, -0.25) is 0 Å². The van der Waals surface area contributed by atoms with Gasteiger partial charge in [0, 0.05) is 19.8 Å². The van der Waals surface area contributed by atoms with E-state index in [0.717, 1.165) is 0 Å². The molecule has 0 aliphatic carbocycles. The van der Waals surface area contributed by atoms with Crippen LogP contribution in [0.3, 0.4) is 0 Å². The summed E-state index contributed by atoms with van der Waals surface area (Å²) in [5.74, 6) is 0.328. The highest BCUT2D eigenvalue weighted by molar-refractivity contribution is 7.90. The summed E-state index contributed by atoms with van der Waals surface area (Å²) < 4.78 is 27.6. The van der Waals surface area contributed by atoms with Crippen molar-refractivity contribution in [2.75, 3.05) is 36.2 Å². The van der Waals surface area contributed by atoms with Crippen LogP contribution in [0, 0.1) is 0 Å². The first-order valence-electron chi connectivity index (χ1n) is 5.74. The summed E-state index contributed by atoms with van der Waals surface area (Å²) in [7, 11) is -1.36. The van der Waals surface area contributed by atoms with Crippen molar-refractivity contribution in [3.8, 4) is 6.01 Å². The first kappa shape index (κ1) is 15.4. The molecular formula is C10H19N5O3S. The fourth-order valence-corrected chi connectivity index (χ4v) is 1.80. The van der Waals surface area contributed by atoms with Crippen LogP contribution in [0.15, 0.2) is 0 Å². The predicted octanol–water partition coefficient (Wildman–Crippen LogP) is -0.278. The summed E-state index contributed by atoms with van der Waals surface area (Å²) in [4.78, 5) is 13.5. The molecule has 0 aliphatic rings. The second-order valence-electron chi connectivity index (χ2n) is 4.49. The normalized spacial score (nSPS) is 11.6. The summed E-state index contributed by atoms with van der Waals surface area (Å²) in [5.41, 5.74) is 5.57. The number of sulfone groups is 1. The molecule has 0 saturated heterocycles. The van der Waals surface area contributed by atoms with Crippen molar-refractivity contribution in [2.45, 2.75) is 20.0 Å². The summed E-state index contributed by atoms with van der Waals surface area (Å²) in [6, 6.07) is 0.128. The lowest BCUT2D eigenvalue weighted by molar-refractivity contribution is 0.222. The summed E-state index contributed by atoms with van der Waals surface area (Å²) in [6.07, 6.45) is 1.09. The molecule has 9 heteroatoms. The van der Waals surface area contributed by atoms with Gasteiger partial charge in [-0.1, -0.05) is 0 Å². The molecule has 0 saturated carbocycles. The van der Waals surface area contributed by atoms with Crippen LogP contribution in [0.1, 0.15) is 13.8 Å². The van der Waals surface area contributed by atoms with Crippen molar-refractivity contribution < 1.29 is 13.2 Å². The van der Waals surface area contributed by atoms with Crippen LogP contribution < -0.4 is 15.4 Å². The van der Waals surface area contributed by atoms with Gasteiger partial charge < -0.3 is 15.4 Å². The van der Waals surface area contributed by atoms with Crippen LogP contribution >= 0.6 is 0 Å². The fourth-order valence-electron chi connectivity index (χ4n) is 1.20. The highest BCUT2D eigenvalue weighted by Crippen LogP contribution is 2.13. The fraction of sp³-hybridized carbons (Fsp3) is 0.700. The van der Waals surface area contributed by atoms with Crippen LogP contribution in [0.25, 0.3) is 0 Å². The Bertz CT molecular complexity index is 532. The quantitative estimate of drug-likeness (QED) is 0.761. The number of aromatic nitrogens is 3. The summed E-state index contributed by atoms with van der Waals surface area (Å²) >= 11 is 0. The molecule has 1 rings (SSSR count). The van der Waals surface area contributed by atoms with Gasteiger partial charge in [0.15, 0.2) is 0 Å². The van der Waals surface area contributed by atoms with Gasteiger partial charge in [-0.25, -0.2) is 8.42 Å². The van der Waals surface area contributed by atoms with Gasteiger partial charge in [-0.15, -0.1) is 0 Å². The van der Waals surface area contributed by atoms with Crippen LogP contribution in [-0.2, 0) is 9.84 Å². The van der Waals surface area contributed by atoms with Crippen LogP contribution in [0.5, 0.6) is 6.01 Å². The maximum absolute atomic E-state index is 11.1. The standard InChI is InChI=1S/C10H19N5O3S/c1-7(2)18-10-13-8(11)12-9(14-10)15(3)5-6-19(4,16)17/h7H,5-6H2,1-4H3,(H2,11,12,13,14). The van der Waals surface area contributed by atoms with Crippen molar-refractivity contribution in [1.29, 1.82) is 0 Å². The number of nitrogen functional groups attached to an aromatic ring is 1. The van der Waals surface area contributed by atoms with E-state index in [-0.39, 0.29) is 36.3 Å². The van der Waals surface area contributed by atoms with E-state index in [9.17, 15) is 8.42 Å². The second-order valence-corrected chi connectivity index (χ2v) is 6.75. The van der Waals surface area contributed by atoms with E-state index in [4.69, 9.17) is 10.5 Å². The number of ether oxygens (including phenoxy) is 1. The Morgan fingerprint density at radius 2 is 1.95 bits per heavy atom. The van der Waals surface area contributed by atoms with Gasteiger partial charge in [-0.05, 0) is 13.8 Å². The monoisotopic (exact) mass is 289 g/mol. The zero-order valence-corrected chi connectivity index (χ0v) is 12.3. The molecular weight excluding hydrogens is 270 g/mol. The lowest BCUT2D eigenvalue weighted by Crippen LogP contribution is -2.27. The highest BCUT2D eigenvalue weighted by Gasteiger charge is 2.12. The Labute approximate surface area is 112 Å². The van der Waals surface area contributed by atoms with Gasteiger partial charge in [0.2, 0.25) is 11.9 Å². The van der Waals surface area contributed by atoms with Gasteiger partial charge in [0.05, 0.1) is 11.9 Å². The topological polar surface area (TPSA) is 111 Å². The number of rotatable bonds is 6. The van der Waals surface area contributed by atoms with E-state index in [1.807, 2.05) is 13.8 Å². The Hall–Kier alpha value is -1.64. The third kappa shape index (κ3) is 5.69. The van der Waals surface area contributed by atoms with Gasteiger partial charge >= 0.3 is 6.01 Å². The molecule has 0 aliphatic heterocycles. The zero-order valence-electron chi connectivity index (χ0n) is 11.5. The first-order valence-corrected chi connectivity index (χ1v) is 7.80. The third-order valence-corrected chi connectivity index (χ3v) is 3.02. The average molecular weight is 289 g/mol. The summed E-state index contributed by atoms with van der Waals surface area (Å²) in [5, 5.41) is 0. The SMILES string of the molecule is CC(C)Oc1nc(N)nc(N(C)CCS(C)(=O)=O)n1. The molecule has 8 nitrogen and oxygen atoms in total. The lowest BCUT2D eigenvalue weighted by Gasteiger charge is -2.17. The van der Waals surface area contributed by atoms with Crippen LogP contribution in [-0.4, -0.2) is 55.1 Å². The molecule has 1 aromatic rings. The number of nitrogens with zero attached hydrogens (tertiary/aromatic N) is 4. The second kappa shape index (κ2) is 6.00. The average Bonchev–Trinajstić information content (AvgIpc) is 2.23. The molecule has 0 atom stereocenters.